The minimum absolute atomic E-state index is 0.288. The van der Waals surface area contributed by atoms with Gasteiger partial charge in [-0.2, -0.15) is 0 Å². The number of hydrogen-bond donors (Lipinski definition) is 2. The lowest BCUT2D eigenvalue weighted by molar-refractivity contribution is -0.135. The van der Waals surface area contributed by atoms with Crippen molar-refractivity contribution in [2.45, 2.75) is 12.0 Å². The summed E-state index contributed by atoms with van der Waals surface area (Å²) in [5.41, 5.74) is 0.623. The number of rotatable bonds is 4. The van der Waals surface area contributed by atoms with Gasteiger partial charge in [0.1, 0.15) is 18.6 Å². The Balaban J connectivity index is 1.30. The molecule has 31 heavy (non-hydrogen) atoms. The number of ether oxygens (including phenoxy) is 1. The van der Waals surface area contributed by atoms with Crippen molar-refractivity contribution in [3.63, 3.8) is 0 Å². The van der Waals surface area contributed by atoms with Crippen molar-refractivity contribution in [3.8, 4) is 11.4 Å². The smallest absolute Gasteiger partial charge is 0.325 e. The highest BCUT2D eigenvalue weighted by Crippen LogP contribution is 2.40. The number of nitrogens with zero attached hydrogens (tertiary/aromatic N) is 5. The Kier molecular flexibility index (Phi) is 4.35. The van der Waals surface area contributed by atoms with Gasteiger partial charge < -0.3 is 15.4 Å². The molecule has 2 aliphatic heterocycles. The van der Waals surface area contributed by atoms with E-state index in [9.17, 15) is 14.4 Å². The van der Waals surface area contributed by atoms with E-state index in [1.54, 1.807) is 48.5 Å². The maximum absolute atomic E-state index is 13.2. The zero-order chi connectivity index (χ0) is 21.4. The molecule has 3 aromatic rings. The number of aromatic nitrogens is 4. The molecule has 1 fully saturated rings. The Labute approximate surface area is 176 Å². The first kappa shape index (κ1) is 18.7. The number of hydrogen-bond acceptors (Lipinski definition) is 7. The van der Waals surface area contributed by atoms with E-state index >= 15 is 0 Å². The van der Waals surface area contributed by atoms with Crippen LogP contribution < -0.4 is 15.4 Å². The van der Waals surface area contributed by atoms with Gasteiger partial charge in [0.15, 0.2) is 5.54 Å². The van der Waals surface area contributed by atoms with E-state index in [0.717, 1.165) is 10.6 Å². The second-order valence-corrected chi connectivity index (χ2v) is 7.17. The Morgan fingerprint density at radius 2 is 1.97 bits per heavy atom. The number of carbonyl (C=O) groups is 3. The number of para-hydroxylation sites is 1. The first-order valence-electron chi connectivity index (χ1n) is 9.56. The molecule has 2 N–H and O–H groups in total. The molecule has 1 aromatic heterocycles. The van der Waals surface area contributed by atoms with E-state index in [0.29, 0.717) is 23.4 Å². The van der Waals surface area contributed by atoms with Gasteiger partial charge in [-0.15, -0.1) is 5.10 Å². The predicted octanol–water partition coefficient (Wildman–Crippen LogP) is 0.831. The van der Waals surface area contributed by atoms with Gasteiger partial charge in [0.25, 0.3) is 5.91 Å². The van der Waals surface area contributed by atoms with Crippen LogP contribution in [-0.2, 0) is 15.1 Å². The van der Waals surface area contributed by atoms with Crippen LogP contribution in [0.5, 0.6) is 5.75 Å². The van der Waals surface area contributed by atoms with Crippen LogP contribution in [0.1, 0.15) is 12.0 Å². The molecule has 1 saturated heterocycles. The van der Waals surface area contributed by atoms with Crippen LogP contribution >= 0.6 is 0 Å². The van der Waals surface area contributed by atoms with E-state index < -0.39 is 29.9 Å². The van der Waals surface area contributed by atoms with Crippen LogP contribution in [0, 0.1) is 0 Å². The van der Waals surface area contributed by atoms with Crippen molar-refractivity contribution in [1.82, 2.24) is 30.4 Å². The molecule has 1 spiro atoms. The number of amides is 4. The summed E-state index contributed by atoms with van der Waals surface area (Å²) in [6.07, 6.45) is 1.75. The number of anilines is 1. The first-order valence-corrected chi connectivity index (χ1v) is 9.56. The van der Waals surface area contributed by atoms with Gasteiger partial charge in [-0.25, -0.2) is 9.48 Å². The Hall–Kier alpha value is -4.28. The summed E-state index contributed by atoms with van der Waals surface area (Å²) in [6.45, 7) is -0.110. The topological polar surface area (TPSA) is 131 Å². The highest BCUT2D eigenvalue weighted by molar-refractivity contribution is 6.10. The van der Waals surface area contributed by atoms with E-state index in [2.05, 4.69) is 26.2 Å². The third-order valence-corrected chi connectivity index (χ3v) is 5.32. The van der Waals surface area contributed by atoms with Crippen molar-refractivity contribution in [1.29, 1.82) is 0 Å². The molecule has 4 amide bonds. The minimum Gasteiger partial charge on any atom is -0.493 e. The number of imide groups is 1. The molecule has 5 rings (SSSR count). The monoisotopic (exact) mass is 419 g/mol. The van der Waals surface area contributed by atoms with Gasteiger partial charge in [0, 0.05) is 17.7 Å². The quantitative estimate of drug-likeness (QED) is 0.599. The molecule has 156 valence electrons. The molecule has 0 aliphatic carbocycles. The fraction of sp³-hybridized carbons (Fsp3) is 0.200. The number of carbonyl (C=O) groups excluding carboxylic acids is 3. The summed E-state index contributed by atoms with van der Waals surface area (Å²) >= 11 is 0. The standard InChI is InChI=1S/C20H17N7O4/c28-17(22-13-5-7-14(8-6-13)27-12-21-24-25-27)11-26-18(29)20(23-19(26)30)9-10-31-16-4-2-1-3-15(16)20/h1-8,12H,9-11H2,(H,22,28)(H,23,30)/t20-/m0/s1. The third-order valence-electron chi connectivity index (χ3n) is 5.32. The Bertz CT molecular complexity index is 1160. The second kappa shape index (κ2) is 7.20. The Morgan fingerprint density at radius 1 is 1.16 bits per heavy atom. The van der Waals surface area contributed by atoms with Crippen LogP contribution in [0.2, 0.25) is 0 Å². The lowest BCUT2D eigenvalue weighted by atomic mass is 9.84. The normalized spacial score (nSPS) is 19.7. The maximum Gasteiger partial charge on any atom is 0.325 e. The molecule has 11 heteroatoms. The van der Waals surface area contributed by atoms with Gasteiger partial charge in [-0.05, 0) is 40.8 Å². The van der Waals surface area contributed by atoms with Gasteiger partial charge >= 0.3 is 6.03 Å². The van der Waals surface area contributed by atoms with Crippen LogP contribution in [0.15, 0.2) is 54.9 Å². The van der Waals surface area contributed by atoms with E-state index in [4.69, 9.17) is 4.74 Å². The average Bonchev–Trinajstić information content (AvgIpc) is 3.39. The minimum atomic E-state index is -1.21. The molecule has 1 atom stereocenters. The molecule has 0 saturated carbocycles. The van der Waals surface area contributed by atoms with Crippen molar-refractivity contribution in [3.05, 3.63) is 60.4 Å². The molecular weight excluding hydrogens is 402 g/mol. The highest BCUT2D eigenvalue weighted by atomic mass is 16.5. The van der Waals surface area contributed by atoms with Crippen molar-refractivity contribution < 1.29 is 19.1 Å². The number of benzene rings is 2. The molecule has 3 heterocycles. The maximum atomic E-state index is 13.2. The fourth-order valence-electron chi connectivity index (χ4n) is 3.84. The summed E-state index contributed by atoms with van der Waals surface area (Å²) in [4.78, 5) is 39.3. The van der Waals surface area contributed by atoms with Gasteiger partial charge in [-0.1, -0.05) is 18.2 Å². The number of urea groups is 1. The lowest BCUT2D eigenvalue weighted by Gasteiger charge is -2.33. The van der Waals surface area contributed by atoms with E-state index in [-0.39, 0.29) is 6.61 Å². The highest BCUT2D eigenvalue weighted by Gasteiger charge is 2.55. The van der Waals surface area contributed by atoms with Gasteiger partial charge in [-0.3, -0.25) is 14.5 Å². The van der Waals surface area contributed by atoms with Gasteiger partial charge in [0.05, 0.1) is 12.3 Å². The largest absolute Gasteiger partial charge is 0.493 e. The number of tetrazole rings is 1. The molecule has 2 aromatic carbocycles. The van der Waals surface area contributed by atoms with Gasteiger partial charge in [0.2, 0.25) is 5.91 Å². The molecule has 0 radical (unpaired) electrons. The summed E-state index contributed by atoms with van der Waals surface area (Å²) < 4.78 is 7.09. The summed E-state index contributed by atoms with van der Waals surface area (Å²) in [5, 5.41) is 16.4. The van der Waals surface area contributed by atoms with Crippen LogP contribution in [-0.4, -0.2) is 56.1 Å². The van der Waals surface area contributed by atoms with Crippen LogP contribution in [0.3, 0.4) is 0 Å². The summed E-state index contributed by atoms with van der Waals surface area (Å²) in [7, 11) is 0. The first-order chi connectivity index (χ1) is 15.1. The Morgan fingerprint density at radius 3 is 2.74 bits per heavy atom. The average molecular weight is 419 g/mol. The SMILES string of the molecule is O=C(CN1C(=O)N[C@]2(CCOc3ccccc32)C1=O)Nc1ccc(-n2cnnn2)cc1. The van der Waals surface area contributed by atoms with Crippen molar-refractivity contribution >= 4 is 23.5 Å². The van der Waals surface area contributed by atoms with E-state index in [1.807, 2.05) is 0 Å². The van der Waals surface area contributed by atoms with Crippen molar-refractivity contribution in [2.75, 3.05) is 18.5 Å². The summed E-state index contributed by atoms with van der Waals surface area (Å²) in [5.74, 6) is -0.398. The molecule has 0 unspecified atom stereocenters. The lowest BCUT2D eigenvalue weighted by Crippen LogP contribution is -2.48. The molecule has 0 bridgehead atoms. The summed E-state index contributed by atoms with van der Waals surface area (Å²) in [6, 6.07) is 13.3. The third kappa shape index (κ3) is 3.16. The predicted molar refractivity (Wildman–Crippen MR) is 106 cm³/mol. The van der Waals surface area contributed by atoms with E-state index in [1.165, 1.54) is 11.0 Å². The second-order valence-electron chi connectivity index (χ2n) is 7.17. The molecular formula is C20H17N7O4. The van der Waals surface area contributed by atoms with Crippen molar-refractivity contribution in [2.24, 2.45) is 0 Å². The molecule has 11 nitrogen and oxygen atoms in total. The number of nitrogens with one attached hydrogen (secondary N) is 2. The van der Waals surface area contributed by atoms with Crippen LogP contribution in [0.25, 0.3) is 5.69 Å². The zero-order valence-corrected chi connectivity index (χ0v) is 16.2. The fourth-order valence-corrected chi connectivity index (χ4v) is 3.84. The number of fused-ring (bicyclic) bond motifs is 2. The van der Waals surface area contributed by atoms with Crippen LogP contribution in [0.4, 0.5) is 10.5 Å². The zero-order valence-electron chi connectivity index (χ0n) is 16.2. The molecule has 2 aliphatic rings.